The molecule has 0 aromatic heterocycles. The van der Waals surface area contributed by atoms with Gasteiger partial charge in [-0.05, 0) is 61.2 Å². The van der Waals surface area contributed by atoms with Crippen LogP contribution in [-0.2, 0) is 10.0 Å². The molecule has 0 spiro atoms. The van der Waals surface area contributed by atoms with Gasteiger partial charge in [0.15, 0.2) is 0 Å². The lowest BCUT2D eigenvalue weighted by molar-refractivity contribution is 0.0697. The zero-order valence-corrected chi connectivity index (χ0v) is 17.3. The van der Waals surface area contributed by atoms with Gasteiger partial charge in [0, 0.05) is 25.7 Å². The Morgan fingerprint density at radius 2 is 1.75 bits per heavy atom. The fraction of sp³-hybridized carbons (Fsp3) is 0.381. The first kappa shape index (κ1) is 20.2. The average molecular weight is 403 g/mol. The van der Waals surface area contributed by atoms with Crippen molar-refractivity contribution in [2.75, 3.05) is 31.6 Å². The molecule has 1 aliphatic heterocycles. The molecule has 1 fully saturated rings. The highest BCUT2D eigenvalue weighted by Gasteiger charge is 2.25. The Balaban J connectivity index is 1.84. The van der Waals surface area contributed by atoms with Crippen LogP contribution in [0.5, 0.6) is 5.75 Å². The third kappa shape index (κ3) is 4.14. The number of rotatable bonds is 5. The van der Waals surface area contributed by atoms with Gasteiger partial charge in [-0.1, -0.05) is 13.0 Å². The molecule has 6 nitrogen and oxygen atoms in total. The Kier molecular flexibility index (Phi) is 5.93. The monoisotopic (exact) mass is 402 g/mol. The number of sulfonamides is 1. The van der Waals surface area contributed by atoms with Crippen molar-refractivity contribution in [3.8, 4) is 5.75 Å². The normalized spacial score (nSPS) is 15.3. The molecule has 0 radical (unpaired) electrons. The van der Waals surface area contributed by atoms with Gasteiger partial charge in [0.25, 0.3) is 15.9 Å². The van der Waals surface area contributed by atoms with Crippen molar-refractivity contribution in [3.05, 3.63) is 54.1 Å². The summed E-state index contributed by atoms with van der Waals surface area (Å²) in [6.07, 6.45) is 1.95. The van der Waals surface area contributed by atoms with Gasteiger partial charge < -0.3 is 9.64 Å². The maximum atomic E-state index is 13.1. The summed E-state index contributed by atoms with van der Waals surface area (Å²) in [7, 11) is -0.731. The largest absolute Gasteiger partial charge is 0.497 e. The van der Waals surface area contributed by atoms with E-state index in [0.717, 1.165) is 12.8 Å². The second-order valence-electron chi connectivity index (χ2n) is 7.17. The molecule has 2 aromatic carbocycles. The molecule has 0 bridgehead atoms. The van der Waals surface area contributed by atoms with Crippen molar-refractivity contribution < 1.29 is 17.9 Å². The molecule has 28 heavy (non-hydrogen) atoms. The van der Waals surface area contributed by atoms with E-state index in [-0.39, 0.29) is 10.8 Å². The molecule has 0 unspecified atom stereocenters. The zero-order chi connectivity index (χ0) is 20.3. The first-order valence-corrected chi connectivity index (χ1v) is 10.8. The summed E-state index contributed by atoms with van der Waals surface area (Å²) in [6, 6.07) is 13.1. The molecule has 3 rings (SSSR count). The Morgan fingerprint density at radius 1 is 1.11 bits per heavy atom. The van der Waals surface area contributed by atoms with Crippen molar-refractivity contribution in [2.45, 2.75) is 24.7 Å². The number of piperidine rings is 1. The molecule has 0 aliphatic carbocycles. The van der Waals surface area contributed by atoms with Crippen LogP contribution in [0.25, 0.3) is 0 Å². The maximum Gasteiger partial charge on any atom is 0.264 e. The number of benzene rings is 2. The summed E-state index contributed by atoms with van der Waals surface area (Å²) in [5, 5.41) is 0. The highest BCUT2D eigenvalue weighted by atomic mass is 32.2. The molecule has 2 aromatic rings. The number of hydrogen-bond donors (Lipinski definition) is 0. The van der Waals surface area contributed by atoms with E-state index in [1.807, 2.05) is 0 Å². The molecule has 1 aliphatic rings. The van der Waals surface area contributed by atoms with Crippen LogP contribution >= 0.6 is 0 Å². The first-order valence-electron chi connectivity index (χ1n) is 9.35. The van der Waals surface area contributed by atoms with E-state index in [2.05, 4.69) is 6.92 Å². The lowest BCUT2D eigenvalue weighted by Crippen LogP contribution is -2.38. The third-order valence-electron chi connectivity index (χ3n) is 5.25. The predicted molar refractivity (Wildman–Crippen MR) is 109 cm³/mol. The van der Waals surface area contributed by atoms with Crippen molar-refractivity contribution in [1.82, 2.24) is 4.90 Å². The van der Waals surface area contributed by atoms with Crippen LogP contribution in [-0.4, -0.2) is 46.5 Å². The van der Waals surface area contributed by atoms with Gasteiger partial charge in [-0.2, -0.15) is 0 Å². The molecule has 0 N–H and O–H groups in total. The highest BCUT2D eigenvalue weighted by molar-refractivity contribution is 7.92. The van der Waals surface area contributed by atoms with E-state index in [1.165, 1.54) is 23.5 Å². The van der Waals surface area contributed by atoms with Gasteiger partial charge >= 0.3 is 0 Å². The van der Waals surface area contributed by atoms with E-state index in [0.29, 0.717) is 36.0 Å². The summed E-state index contributed by atoms with van der Waals surface area (Å²) >= 11 is 0. The van der Waals surface area contributed by atoms with Crippen molar-refractivity contribution >= 4 is 21.6 Å². The number of carbonyl (C=O) groups is 1. The van der Waals surface area contributed by atoms with Crippen LogP contribution in [0.3, 0.4) is 0 Å². The minimum Gasteiger partial charge on any atom is -0.497 e. The fourth-order valence-electron chi connectivity index (χ4n) is 3.27. The van der Waals surface area contributed by atoms with Crippen LogP contribution in [0, 0.1) is 5.92 Å². The number of hydrogen-bond acceptors (Lipinski definition) is 4. The van der Waals surface area contributed by atoms with E-state index >= 15 is 0 Å². The van der Waals surface area contributed by atoms with Gasteiger partial charge in [0.2, 0.25) is 0 Å². The standard InChI is InChI=1S/C21H26N2O4S/c1-16-11-13-23(14-12-16)21(24)17-5-4-6-20(15-17)28(25,26)22(2)18-7-9-19(27-3)10-8-18/h4-10,15-16H,11-14H2,1-3H3. The quantitative estimate of drug-likeness (QED) is 0.769. The SMILES string of the molecule is COc1ccc(N(C)S(=O)(=O)c2cccc(C(=O)N3CCC(C)CC3)c2)cc1. The van der Waals surface area contributed by atoms with Gasteiger partial charge in [-0.25, -0.2) is 8.42 Å². The second kappa shape index (κ2) is 8.22. The summed E-state index contributed by atoms with van der Waals surface area (Å²) in [5.41, 5.74) is 0.918. The molecule has 1 amide bonds. The number of likely N-dealkylation sites (tertiary alicyclic amines) is 1. The first-order chi connectivity index (χ1) is 13.3. The lowest BCUT2D eigenvalue weighted by Gasteiger charge is -2.30. The van der Waals surface area contributed by atoms with Crippen LogP contribution in [0.4, 0.5) is 5.69 Å². The second-order valence-corrected chi connectivity index (χ2v) is 9.14. The highest BCUT2D eigenvalue weighted by Crippen LogP contribution is 2.25. The molecule has 150 valence electrons. The fourth-order valence-corrected chi connectivity index (χ4v) is 4.51. The predicted octanol–water partition coefficient (Wildman–Crippen LogP) is 3.39. The zero-order valence-electron chi connectivity index (χ0n) is 16.5. The minimum absolute atomic E-state index is 0.0991. The maximum absolute atomic E-state index is 13.1. The van der Waals surface area contributed by atoms with E-state index in [1.54, 1.807) is 48.4 Å². The summed E-state index contributed by atoms with van der Waals surface area (Å²) in [5.74, 6) is 1.16. The number of anilines is 1. The van der Waals surface area contributed by atoms with E-state index < -0.39 is 10.0 Å². The molecule has 0 atom stereocenters. The smallest absolute Gasteiger partial charge is 0.264 e. The Bertz CT molecular complexity index is 933. The Hall–Kier alpha value is -2.54. The molecule has 1 saturated heterocycles. The third-order valence-corrected chi connectivity index (χ3v) is 7.03. The van der Waals surface area contributed by atoms with Crippen LogP contribution in [0.15, 0.2) is 53.4 Å². The van der Waals surface area contributed by atoms with Crippen LogP contribution in [0.2, 0.25) is 0 Å². The van der Waals surface area contributed by atoms with Crippen molar-refractivity contribution in [3.63, 3.8) is 0 Å². The van der Waals surface area contributed by atoms with Gasteiger partial charge in [0.05, 0.1) is 17.7 Å². The van der Waals surface area contributed by atoms with E-state index in [4.69, 9.17) is 4.74 Å². The van der Waals surface area contributed by atoms with Gasteiger partial charge in [-0.15, -0.1) is 0 Å². The number of nitrogens with zero attached hydrogens (tertiary/aromatic N) is 2. The summed E-state index contributed by atoms with van der Waals surface area (Å²) in [4.78, 5) is 14.7. The number of carbonyl (C=O) groups excluding carboxylic acids is 1. The Labute approximate surface area is 166 Å². The lowest BCUT2D eigenvalue weighted by atomic mass is 9.98. The van der Waals surface area contributed by atoms with Crippen LogP contribution < -0.4 is 9.04 Å². The molecule has 1 heterocycles. The van der Waals surface area contributed by atoms with Gasteiger partial charge in [-0.3, -0.25) is 9.10 Å². The average Bonchev–Trinajstić information content (AvgIpc) is 2.73. The minimum atomic E-state index is -3.79. The topological polar surface area (TPSA) is 66.9 Å². The van der Waals surface area contributed by atoms with Crippen molar-refractivity contribution in [1.29, 1.82) is 0 Å². The molecule has 0 saturated carbocycles. The van der Waals surface area contributed by atoms with Crippen LogP contribution in [0.1, 0.15) is 30.1 Å². The van der Waals surface area contributed by atoms with Crippen molar-refractivity contribution in [2.24, 2.45) is 5.92 Å². The molecular weight excluding hydrogens is 376 g/mol. The number of amides is 1. The summed E-state index contributed by atoms with van der Waals surface area (Å²) in [6.45, 7) is 3.61. The summed E-state index contributed by atoms with van der Waals surface area (Å²) < 4.78 is 32.4. The van der Waals surface area contributed by atoms with Gasteiger partial charge in [0.1, 0.15) is 5.75 Å². The van der Waals surface area contributed by atoms with E-state index in [9.17, 15) is 13.2 Å². The number of methoxy groups -OCH3 is 1. The number of ether oxygens (including phenoxy) is 1. The molecular formula is C21H26N2O4S. The molecule has 7 heteroatoms. The Morgan fingerprint density at radius 3 is 2.36 bits per heavy atom.